The molecule has 130 valence electrons. The van der Waals surface area contributed by atoms with Crippen LogP contribution in [0.4, 0.5) is 0 Å². The van der Waals surface area contributed by atoms with Crippen LogP contribution in [0.3, 0.4) is 0 Å². The van der Waals surface area contributed by atoms with Gasteiger partial charge in [0.25, 0.3) is 10.1 Å². The molecule has 0 saturated heterocycles. The number of hydrogen-bond acceptors (Lipinski definition) is 4. The van der Waals surface area contributed by atoms with Gasteiger partial charge in [0.2, 0.25) is 0 Å². The topological polar surface area (TPSA) is 52.6 Å². The molecule has 0 saturated carbocycles. The maximum Gasteiger partial charge on any atom is 0.296 e. The van der Waals surface area contributed by atoms with E-state index in [1.54, 1.807) is 24.3 Å². The lowest BCUT2D eigenvalue weighted by atomic mass is 10.1. The van der Waals surface area contributed by atoms with Crippen LogP contribution in [0.1, 0.15) is 12.0 Å². The fraction of sp³-hybridized carbons (Fsp3) is 0.200. The number of ether oxygens (including phenoxy) is 1. The zero-order chi connectivity index (χ0) is 17.7. The lowest BCUT2D eigenvalue weighted by Crippen LogP contribution is -2.10. The molecule has 4 nitrogen and oxygen atoms in total. The van der Waals surface area contributed by atoms with E-state index in [2.05, 4.69) is 0 Å². The van der Waals surface area contributed by atoms with E-state index < -0.39 is 10.1 Å². The van der Waals surface area contributed by atoms with Crippen molar-refractivity contribution in [1.82, 2.24) is 0 Å². The second kappa shape index (κ2) is 7.68. The highest BCUT2D eigenvalue weighted by atomic mass is 32.2. The van der Waals surface area contributed by atoms with Crippen LogP contribution >= 0.6 is 0 Å². The molecular weight excluding hydrogens is 336 g/mol. The zero-order valence-electron chi connectivity index (χ0n) is 14.0. The molecule has 0 heterocycles. The van der Waals surface area contributed by atoms with Gasteiger partial charge in [-0.05, 0) is 30.5 Å². The Hall–Kier alpha value is -2.37. The van der Waals surface area contributed by atoms with Crippen LogP contribution < -0.4 is 4.74 Å². The van der Waals surface area contributed by atoms with Gasteiger partial charge in [-0.3, -0.25) is 4.18 Å². The number of rotatable bonds is 7. The maximum absolute atomic E-state index is 12.1. The predicted octanol–water partition coefficient (Wildman–Crippen LogP) is 4.32. The summed E-state index contributed by atoms with van der Waals surface area (Å²) in [6.07, 6.45) is 0.480. The first-order valence-electron chi connectivity index (χ1n) is 8.13. The molecule has 0 atom stereocenters. The molecule has 0 radical (unpaired) electrons. The Morgan fingerprint density at radius 1 is 0.840 bits per heavy atom. The fourth-order valence-electron chi connectivity index (χ4n) is 2.50. The number of aryl methyl sites for hydroxylation is 1. The van der Waals surface area contributed by atoms with Crippen molar-refractivity contribution in [3.8, 4) is 5.75 Å². The minimum absolute atomic E-state index is 0.0843. The highest BCUT2D eigenvalue weighted by molar-refractivity contribution is 7.86. The molecule has 0 aliphatic carbocycles. The van der Waals surface area contributed by atoms with Crippen molar-refractivity contribution in [1.29, 1.82) is 0 Å². The van der Waals surface area contributed by atoms with Crippen LogP contribution in [-0.4, -0.2) is 21.6 Å². The molecule has 0 amide bonds. The first-order chi connectivity index (χ1) is 12.1. The molecule has 0 aliphatic rings. The van der Waals surface area contributed by atoms with Crippen molar-refractivity contribution in [2.24, 2.45) is 0 Å². The molecule has 25 heavy (non-hydrogen) atoms. The normalized spacial score (nSPS) is 11.6. The summed E-state index contributed by atoms with van der Waals surface area (Å²) in [6, 6.07) is 20.5. The van der Waals surface area contributed by atoms with Gasteiger partial charge in [-0.15, -0.1) is 0 Å². The van der Waals surface area contributed by atoms with E-state index in [1.165, 1.54) is 0 Å². The summed E-state index contributed by atoms with van der Waals surface area (Å²) in [5, 5.41) is 2.15. The van der Waals surface area contributed by atoms with Crippen LogP contribution in [0.25, 0.3) is 10.8 Å². The summed E-state index contributed by atoms with van der Waals surface area (Å²) in [6.45, 7) is 2.38. The van der Waals surface area contributed by atoms with Crippen molar-refractivity contribution < 1.29 is 17.3 Å². The summed E-state index contributed by atoms with van der Waals surface area (Å²) in [5.74, 6) is 0.791. The van der Waals surface area contributed by atoms with E-state index in [-0.39, 0.29) is 11.5 Å². The van der Waals surface area contributed by atoms with Crippen molar-refractivity contribution in [2.45, 2.75) is 18.2 Å². The van der Waals surface area contributed by atoms with Crippen LogP contribution in [-0.2, 0) is 14.3 Å². The van der Waals surface area contributed by atoms with Gasteiger partial charge in [0.1, 0.15) is 5.75 Å². The molecule has 3 aromatic carbocycles. The van der Waals surface area contributed by atoms with Gasteiger partial charge in [0, 0.05) is 11.8 Å². The first-order valence-corrected chi connectivity index (χ1v) is 9.54. The molecule has 0 N–H and O–H groups in total. The number of benzene rings is 3. The van der Waals surface area contributed by atoms with Gasteiger partial charge in [0.05, 0.1) is 18.1 Å². The second-order valence-corrected chi connectivity index (χ2v) is 7.38. The van der Waals surface area contributed by atoms with Crippen molar-refractivity contribution in [3.63, 3.8) is 0 Å². The van der Waals surface area contributed by atoms with Gasteiger partial charge in [0.15, 0.2) is 0 Å². The lowest BCUT2D eigenvalue weighted by Gasteiger charge is -2.10. The lowest BCUT2D eigenvalue weighted by molar-refractivity contribution is 0.252. The third-order valence-electron chi connectivity index (χ3n) is 3.84. The van der Waals surface area contributed by atoms with E-state index in [9.17, 15) is 8.42 Å². The first kappa shape index (κ1) is 17.5. The van der Waals surface area contributed by atoms with Crippen LogP contribution in [0.5, 0.6) is 5.75 Å². The summed E-state index contributed by atoms with van der Waals surface area (Å²) in [7, 11) is -3.71. The number of hydrogen-bond donors (Lipinski definition) is 0. The van der Waals surface area contributed by atoms with Gasteiger partial charge in [-0.2, -0.15) is 8.42 Å². The van der Waals surface area contributed by atoms with Crippen molar-refractivity contribution >= 4 is 20.9 Å². The summed E-state index contributed by atoms with van der Waals surface area (Å²) in [5.41, 5.74) is 1.00. The van der Waals surface area contributed by atoms with Gasteiger partial charge >= 0.3 is 0 Å². The second-order valence-electron chi connectivity index (χ2n) is 5.77. The average molecular weight is 356 g/mol. The van der Waals surface area contributed by atoms with Gasteiger partial charge in [-0.25, -0.2) is 0 Å². The molecule has 0 unspecified atom stereocenters. The van der Waals surface area contributed by atoms with Crippen molar-refractivity contribution in [3.05, 3.63) is 72.3 Å². The molecular formula is C20H20O4S. The molecule has 0 fully saturated rings. The standard InChI is InChI=1S/C20H20O4S/c1-16-10-12-18(13-11-16)25(21,22)24-15-5-14-23-20-9-4-7-17-6-2-3-8-19(17)20/h2-4,6-13H,5,14-15H2,1H3. The summed E-state index contributed by atoms with van der Waals surface area (Å²) >= 11 is 0. The highest BCUT2D eigenvalue weighted by Gasteiger charge is 2.14. The zero-order valence-corrected chi connectivity index (χ0v) is 14.8. The fourth-order valence-corrected chi connectivity index (χ4v) is 3.45. The Morgan fingerprint density at radius 2 is 1.56 bits per heavy atom. The largest absolute Gasteiger partial charge is 0.493 e. The molecule has 0 bridgehead atoms. The quantitative estimate of drug-likeness (QED) is 0.467. The van der Waals surface area contributed by atoms with E-state index in [0.717, 1.165) is 22.1 Å². The minimum atomic E-state index is -3.71. The molecule has 3 rings (SSSR count). The Kier molecular flexibility index (Phi) is 5.36. The summed E-state index contributed by atoms with van der Waals surface area (Å²) < 4.78 is 35.0. The Balaban J connectivity index is 1.52. The Labute approximate surface area is 148 Å². The van der Waals surface area contributed by atoms with Gasteiger partial charge in [-0.1, -0.05) is 54.1 Å². The maximum atomic E-state index is 12.1. The van der Waals surface area contributed by atoms with Crippen LogP contribution in [0.2, 0.25) is 0 Å². The molecule has 0 spiro atoms. The highest BCUT2D eigenvalue weighted by Crippen LogP contribution is 2.25. The van der Waals surface area contributed by atoms with Crippen molar-refractivity contribution in [2.75, 3.05) is 13.2 Å². The molecule has 3 aromatic rings. The minimum Gasteiger partial charge on any atom is -0.493 e. The SMILES string of the molecule is Cc1ccc(S(=O)(=O)OCCCOc2cccc3ccccc23)cc1. The van der Waals surface area contributed by atoms with Gasteiger partial charge < -0.3 is 4.74 Å². The Morgan fingerprint density at radius 3 is 2.36 bits per heavy atom. The van der Waals surface area contributed by atoms with E-state index in [4.69, 9.17) is 8.92 Å². The molecule has 0 aliphatic heterocycles. The van der Waals surface area contributed by atoms with Crippen LogP contribution in [0, 0.1) is 6.92 Å². The average Bonchev–Trinajstić information content (AvgIpc) is 2.62. The van der Waals surface area contributed by atoms with E-state index in [0.29, 0.717) is 13.0 Å². The third-order valence-corrected chi connectivity index (χ3v) is 5.17. The smallest absolute Gasteiger partial charge is 0.296 e. The van der Waals surface area contributed by atoms with E-state index >= 15 is 0 Å². The number of fused-ring (bicyclic) bond motifs is 1. The predicted molar refractivity (Wildman–Crippen MR) is 98.4 cm³/mol. The monoisotopic (exact) mass is 356 g/mol. The summed E-state index contributed by atoms with van der Waals surface area (Å²) in [4.78, 5) is 0.174. The van der Waals surface area contributed by atoms with Crippen LogP contribution in [0.15, 0.2) is 71.6 Å². The molecule has 5 heteroatoms. The third kappa shape index (κ3) is 4.38. The Bertz CT molecular complexity index is 942. The van der Waals surface area contributed by atoms with E-state index in [1.807, 2.05) is 49.4 Å². The molecule has 0 aromatic heterocycles.